The molecule has 0 atom stereocenters. The van der Waals surface area contributed by atoms with Crippen LogP contribution in [0.25, 0.3) is 11.5 Å². The molecule has 2 rings (SSSR count). The van der Waals surface area contributed by atoms with Crippen LogP contribution in [0.5, 0.6) is 0 Å². The molecule has 0 aliphatic rings. The molecule has 0 spiro atoms. The van der Waals surface area contributed by atoms with E-state index in [0.717, 1.165) is 5.69 Å². The molecule has 0 aliphatic carbocycles. The van der Waals surface area contributed by atoms with Crippen LogP contribution in [0, 0.1) is 6.07 Å². The van der Waals surface area contributed by atoms with Gasteiger partial charge >= 0.3 is 0 Å². The Kier molecular flexibility index (Phi) is 3.88. The molecule has 0 amide bonds. The minimum Gasteiger partial charge on any atom is -0.531 e. The third kappa shape index (κ3) is 2.52. The van der Waals surface area contributed by atoms with Crippen molar-refractivity contribution in [1.29, 1.82) is 0 Å². The average molecular weight is 418 g/mol. The van der Waals surface area contributed by atoms with Crippen molar-refractivity contribution < 1.29 is 25.5 Å². The summed E-state index contributed by atoms with van der Waals surface area (Å²) in [7, 11) is 0. The second-order valence-electron chi connectivity index (χ2n) is 2.24. The zero-order valence-electron chi connectivity index (χ0n) is 6.44. The van der Waals surface area contributed by atoms with E-state index in [4.69, 9.17) is 4.42 Å². The van der Waals surface area contributed by atoms with Gasteiger partial charge in [0.1, 0.15) is 0 Å². The van der Waals surface area contributed by atoms with Gasteiger partial charge in [-0.15, -0.1) is 12.1 Å². The van der Waals surface area contributed by atoms with Crippen LogP contribution >= 0.6 is 15.9 Å². The number of hydrogen-bond donors (Lipinski definition) is 0. The molecule has 2 nitrogen and oxygen atoms in total. The molecular weight excluding hydrogens is 413 g/mol. The van der Waals surface area contributed by atoms with Crippen LogP contribution in [0.4, 0.5) is 0 Å². The van der Waals surface area contributed by atoms with Crippen molar-refractivity contribution in [3.63, 3.8) is 0 Å². The Labute approximate surface area is 98.8 Å². The van der Waals surface area contributed by atoms with Gasteiger partial charge in [0, 0.05) is 38.7 Å². The van der Waals surface area contributed by atoms with Gasteiger partial charge in [-0.25, -0.2) is 0 Å². The summed E-state index contributed by atoms with van der Waals surface area (Å²) >= 11 is 3.20. The van der Waals surface area contributed by atoms with E-state index in [0.29, 0.717) is 10.4 Å². The zero-order chi connectivity index (χ0) is 8.39. The third-order valence-electron chi connectivity index (χ3n) is 1.41. The molecule has 70 valence electrons. The van der Waals surface area contributed by atoms with Gasteiger partial charge in [0.25, 0.3) is 0 Å². The topological polar surface area (TPSA) is 26.0 Å². The summed E-state index contributed by atoms with van der Waals surface area (Å²) in [6.07, 6.45) is 1.72. The van der Waals surface area contributed by atoms with Gasteiger partial charge in [-0.3, -0.25) is 0 Å². The molecule has 0 N–H and O–H groups in total. The van der Waals surface area contributed by atoms with Gasteiger partial charge in [0.2, 0.25) is 0 Å². The summed E-state index contributed by atoms with van der Waals surface area (Å²) < 4.78 is 5.94. The predicted octanol–water partition coefficient (Wildman–Crippen LogP) is 2.90. The molecular formula is C9H5BrNOPt-. The molecule has 0 radical (unpaired) electrons. The Morgan fingerprint density at radius 1 is 1.38 bits per heavy atom. The fourth-order valence-corrected chi connectivity index (χ4v) is 1.18. The molecule has 2 aromatic heterocycles. The molecule has 4 heteroatoms. The maximum absolute atomic E-state index is 5.27. The number of halogens is 1. The minimum atomic E-state index is 0. The van der Waals surface area contributed by atoms with Crippen molar-refractivity contribution in [2.75, 3.05) is 0 Å². The van der Waals surface area contributed by atoms with Gasteiger partial charge in [-0.1, -0.05) is 28.1 Å². The van der Waals surface area contributed by atoms with E-state index in [9.17, 15) is 0 Å². The molecule has 0 unspecified atom stereocenters. The summed E-state index contributed by atoms with van der Waals surface area (Å²) in [5.41, 5.74) is 0.795. The van der Waals surface area contributed by atoms with Gasteiger partial charge in [-0.05, 0) is 6.07 Å². The zero-order valence-corrected chi connectivity index (χ0v) is 10.3. The number of aromatic nitrogens is 1. The second-order valence-corrected chi connectivity index (χ2v) is 3.02. The quantitative estimate of drug-likeness (QED) is 0.666. The third-order valence-corrected chi connectivity index (χ3v) is 1.80. The number of rotatable bonds is 1. The smallest absolute Gasteiger partial charge is 0.0659 e. The van der Waals surface area contributed by atoms with E-state index in [1.54, 1.807) is 12.3 Å². The van der Waals surface area contributed by atoms with Gasteiger partial charge in [-0.2, -0.15) is 0 Å². The molecule has 0 bridgehead atoms. The molecule has 0 fully saturated rings. The second kappa shape index (κ2) is 4.73. The number of pyridine rings is 1. The van der Waals surface area contributed by atoms with Gasteiger partial charge in [0.05, 0.1) is 4.67 Å². The van der Waals surface area contributed by atoms with Crippen LogP contribution in [0.15, 0.2) is 39.5 Å². The molecule has 0 aliphatic heterocycles. The van der Waals surface area contributed by atoms with E-state index in [1.807, 2.05) is 18.2 Å². The number of nitrogens with zero attached hydrogens (tertiary/aromatic N) is 1. The summed E-state index contributed by atoms with van der Waals surface area (Å²) in [5.74, 6) is 0.655. The van der Waals surface area contributed by atoms with Crippen LogP contribution < -0.4 is 0 Å². The Balaban J connectivity index is 0.000000845. The van der Waals surface area contributed by atoms with Crippen molar-refractivity contribution in [2.45, 2.75) is 0 Å². The molecule has 0 saturated heterocycles. The van der Waals surface area contributed by atoms with Crippen molar-refractivity contribution >= 4 is 15.9 Å². The SMILES string of the molecule is Brc1c[c-]c(-c2ccccn2)o1.[Pt]. The minimum absolute atomic E-state index is 0. The predicted molar refractivity (Wildman–Crippen MR) is 48.5 cm³/mol. The molecule has 0 aromatic carbocycles. The summed E-state index contributed by atoms with van der Waals surface area (Å²) in [5, 5.41) is 0. The first-order valence-corrected chi connectivity index (χ1v) is 4.24. The summed E-state index contributed by atoms with van der Waals surface area (Å²) in [4.78, 5) is 4.12. The molecule has 13 heavy (non-hydrogen) atoms. The Morgan fingerprint density at radius 3 is 2.77 bits per heavy atom. The first-order chi connectivity index (χ1) is 5.86. The Hall–Kier alpha value is -0.402. The van der Waals surface area contributed by atoms with Gasteiger partial charge < -0.3 is 9.40 Å². The van der Waals surface area contributed by atoms with Crippen molar-refractivity contribution in [3.8, 4) is 11.5 Å². The van der Waals surface area contributed by atoms with Gasteiger partial charge in [0.15, 0.2) is 0 Å². The fourth-order valence-electron chi connectivity index (χ4n) is 0.902. The van der Waals surface area contributed by atoms with Crippen LogP contribution in [0.1, 0.15) is 0 Å². The normalized spacial score (nSPS) is 9.31. The van der Waals surface area contributed by atoms with Crippen LogP contribution in [-0.4, -0.2) is 4.98 Å². The summed E-state index contributed by atoms with van der Waals surface area (Å²) in [6, 6.07) is 10.3. The summed E-state index contributed by atoms with van der Waals surface area (Å²) in [6.45, 7) is 0. The first kappa shape index (κ1) is 10.7. The number of hydrogen-bond acceptors (Lipinski definition) is 2. The van der Waals surface area contributed by atoms with E-state index < -0.39 is 0 Å². The first-order valence-electron chi connectivity index (χ1n) is 3.45. The monoisotopic (exact) mass is 417 g/mol. The average Bonchev–Trinajstić information content (AvgIpc) is 2.54. The van der Waals surface area contributed by atoms with E-state index in [1.165, 1.54) is 0 Å². The maximum Gasteiger partial charge on any atom is 0.0659 e. The molecule has 2 heterocycles. The van der Waals surface area contributed by atoms with Crippen molar-refractivity contribution in [1.82, 2.24) is 4.98 Å². The standard InChI is InChI=1S/C9H5BrNO.Pt/c10-9-5-4-8(12-9)7-3-1-2-6-11-7;/h1-3,5-6H;/q-1;. The largest absolute Gasteiger partial charge is 0.531 e. The van der Waals surface area contributed by atoms with E-state index in [-0.39, 0.29) is 21.1 Å². The molecule has 2 aromatic rings. The van der Waals surface area contributed by atoms with Crippen molar-refractivity contribution in [2.24, 2.45) is 0 Å². The van der Waals surface area contributed by atoms with Crippen LogP contribution in [-0.2, 0) is 21.1 Å². The fraction of sp³-hybridized carbons (Fsp3) is 0. The number of furan rings is 1. The van der Waals surface area contributed by atoms with Crippen LogP contribution in [0.3, 0.4) is 0 Å². The van der Waals surface area contributed by atoms with E-state index in [2.05, 4.69) is 27.0 Å². The maximum atomic E-state index is 5.27. The van der Waals surface area contributed by atoms with Crippen molar-refractivity contribution in [3.05, 3.63) is 41.2 Å². The Bertz CT molecular complexity index is 374. The van der Waals surface area contributed by atoms with Crippen LogP contribution in [0.2, 0.25) is 0 Å². The molecule has 0 saturated carbocycles. The Morgan fingerprint density at radius 2 is 2.23 bits per heavy atom. The van der Waals surface area contributed by atoms with E-state index >= 15 is 0 Å².